The number of hydrogen-bond donors (Lipinski definition) is 0. The van der Waals surface area contributed by atoms with Gasteiger partial charge in [0, 0.05) is 37.5 Å². The standard InChI is InChI=1S/C17H26N2O3S2/c1-14(2)13-17(20)18-9-4-10-19(12-11-18)24(21,22)16-7-5-15(23-3)6-8-16/h5-8,14H,4,9-13H2,1-3H3. The van der Waals surface area contributed by atoms with E-state index in [-0.39, 0.29) is 5.91 Å². The lowest BCUT2D eigenvalue weighted by molar-refractivity contribution is -0.131. The smallest absolute Gasteiger partial charge is 0.243 e. The number of carbonyl (C=O) groups is 1. The molecule has 0 bridgehead atoms. The predicted octanol–water partition coefficient (Wildman–Crippen LogP) is 2.68. The summed E-state index contributed by atoms with van der Waals surface area (Å²) in [4.78, 5) is 15.4. The lowest BCUT2D eigenvalue weighted by Crippen LogP contribution is -2.37. The van der Waals surface area contributed by atoms with Crippen molar-refractivity contribution in [1.82, 2.24) is 9.21 Å². The molecule has 0 saturated carbocycles. The van der Waals surface area contributed by atoms with Gasteiger partial charge in [-0.15, -0.1) is 11.8 Å². The highest BCUT2D eigenvalue weighted by molar-refractivity contribution is 7.98. The molecular formula is C17H26N2O3S2. The van der Waals surface area contributed by atoms with Gasteiger partial charge in [0.25, 0.3) is 0 Å². The third kappa shape index (κ3) is 4.74. The second-order valence-corrected chi connectivity index (χ2v) is 9.23. The van der Waals surface area contributed by atoms with Crippen molar-refractivity contribution in [3.63, 3.8) is 0 Å². The fourth-order valence-corrected chi connectivity index (χ4v) is 4.64. The molecule has 0 spiro atoms. The van der Waals surface area contributed by atoms with Gasteiger partial charge in [-0.25, -0.2) is 8.42 Å². The maximum absolute atomic E-state index is 12.8. The van der Waals surface area contributed by atoms with Gasteiger partial charge in [-0.2, -0.15) is 4.31 Å². The first-order valence-corrected chi connectivity index (χ1v) is 10.9. The number of hydrogen-bond acceptors (Lipinski definition) is 4. The Hall–Kier alpha value is -1.05. The van der Waals surface area contributed by atoms with Crippen LogP contribution in [0.5, 0.6) is 0 Å². The van der Waals surface area contributed by atoms with Gasteiger partial charge in [-0.3, -0.25) is 4.79 Å². The van der Waals surface area contributed by atoms with E-state index in [1.807, 2.05) is 32.2 Å². The van der Waals surface area contributed by atoms with Crippen LogP contribution in [-0.2, 0) is 14.8 Å². The summed E-state index contributed by atoms with van der Waals surface area (Å²) in [6.45, 7) is 5.95. The Morgan fingerprint density at radius 3 is 2.38 bits per heavy atom. The molecule has 1 aromatic rings. The predicted molar refractivity (Wildman–Crippen MR) is 97.6 cm³/mol. The van der Waals surface area contributed by atoms with Crippen LogP contribution in [0.3, 0.4) is 0 Å². The quantitative estimate of drug-likeness (QED) is 0.748. The Kier molecular flexibility index (Phi) is 6.71. The normalized spacial score (nSPS) is 17.1. The van der Waals surface area contributed by atoms with E-state index in [2.05, 4.69) is 0 Å². The van der Waals surface area contributed by atoms with Gasteiger partial charge < -0.3 is 4.90 Å². The molecule has 134 valence electrons. The van der Waals surface area contributed by atoms with Crippen LogP contribution >= 0.6 is 11.8 Å². The van der Waals surface area contributed by atoms with Gasteiger partial charge in [0.05, 0.1) is 4.90 Å². The van der Waals surface area contributed by atoms with E-state index in [1.54, 1.807) is 28.8 Å². The van der Waals surface area contributed by atoms with E-state index in [0.29, 0.717) is 49.8 Å². The topological polar surface area (TPSA) is 57.7 Å². The highest BCUT2D eigenvalue weighted by Crippen LogP contribution is 2.21. The van der Waals surface area contributed by atoms with Crippen LogP contribution in [0, 0.1) is 5.92 Å². The molecule has 24 heavy (non-hydrogen) atoms. The number of sulfonamides is 1. The molecule has 1 aliphatic heterocycles. The van der Waals surface area contributed by atoms with E-state index < -0.39 is 10.0 Å². The number of carbonyl (C=O) groups excluding carboxylic acids is 1. The second-order valence-electron chi connectivity index (χ2n) is 6.41. The Morgan fingerprint density at radius 1 is 1.12 bits per heavy atom. The number of benzene rings is 1. The molecule has 1 aromatic carbocycles. The average Bonchev–Trinajstić information content (AvgIpc) is 2.81. The maximum Gasteiger partial charge on any atom is 0.243 e. The summed E-state index contributed by atoms with van der Waals surface area (Å²) in [5.41, 5.74) is 0. The molecule has 0 unspecified atom stereocenters. The minimum absolute atomic E-state index is 0.119. The van der Waals surface area contributed by atoms with E-state index in [4.69, 9.17) is 0 Å². The fraction of sp³-hybridized carbons (Fsp3) is 0.588. The second kappa shape index (κ2) is 8.36. The molecule has 0 aromatic heterocycles. The molecule has 1 heterocycles. The van der Waals surface area contributed by atoms with Gasteiger partial charge in [0.1, 0.15) is 0 Å². The summed E-state index contributed by atoms with van der Waals surface area (Å²) in [5, 5.41) is 0. The summed E-state index contributed by atoms with van der Waals surface area (Å²) in [5.74, 6) is 0.434. The molecular weight excluding hydrogens is 344 g/mol. The SMILES string of the molecule is CSc1ccc(S(=O)(=O)N2CCCN(C(=O)CC(C)C)CC2)cc1. The zero-order valence-electron chi connectivity index (χ0n) is 14.6. The Balaban J connectivity index is 2.07. The zero-order chi connectivity index (χ0) is 17.7. The molecule has 0 aliphatic carbocycles. The van der Waals surface area contributed by atoms with E-state index >= 15 is 0 Å². The van der Waals surface area contributed by atoms with E-state index in [1.165, 1.54) is 4.31 Å². The first kappa shape index (κ1) is 19.3. The van der Waals surface area contributed by atoms with Crippen molar-refractivity contribution in [2.45, 2.75) is 36.5 Å². The van der Waals surface area contributed by atoms with Crippen LogP contribution < -0.4 is 0 Å². The van der Waals surface area contributed by atoms with Crippen LogP contribution in [0.1, 0.15) is 26.7 Å². The highest BCUT2D eigenvalue weighted by atomic mass is 32.2. The summed E-state index contributed by atoms with van der Waals surface area (Å²) < 4.78 is 27.1. The lowest BCUT2D eigenvalue weighted by atomic mass is 10.1. The summed E-state index contributed by atoms with van der Waals surface area (Å²) in [6, 6.07) is 6.98. The fourth-order valence-electron chi connectivity index (χ4n) is 2.76. The van der Waals surface area contributed by atoms with Crippen molar-refractivity contribution < 1.29 is 13.2 Å². The number of thioether (sulfide) groups is 1. The third-order valence-corrected chi connectivity index (χ3v) is 6.74. The van der Waals surface area contributed by atoms with E-state index in [9.17, 15) is 13.2 Å². The van der Waals surface area contributed by atoms with Crippen molar-refractivity contribution in [2.24, 2.45) is 5.92 Å². The molecule has 1 aliphatic rings. The van der Waals surface area contributed by atoms with Gasteiger partial charge in [0.2, 0.25) is 15.9 Å². The van der Waals surface area contributed by atoms with Crippen molar-refractivity contribution in [3.05, 3.63) is 24.3 Å². The maximum atomic E-state index is 12.8. The molecule has 0 atom stereocenters. The lowest BCUT2D eigenvalue weighted by Gasteiger charge is -2.22. The van der Waals surface area contributed by atoms with E-state index in [0.717, 1.165) is 4.90 Å². The molecule has 2 rings (SSSR count). The van der Waals surface area contributed by atoms with Crippen LogP contribution in [0.2, 0.25) is 0 Å². The Morgan fingerprint density at radius 2 is 1.79 bits per heavy atom. The van der Waals surface area contributed by atoms with Crippen molar-refractivity contribution in [1.29, 1.82) is 0 Å². The van der Waals surface area contributed by atoms with Crippen LogP contribution in [0.25, 0.3) is 0 Å². The van der Waals surface area contributed by atoms with Crippen molar-refractivity contribution in [3.8, 4) is 0 Å². The number of amides is 1. The van der Waals surface area contributed by atoms with Gasteiger partial charge in [-0.05, 0) is 42.9 Å². The monoisotopic (exact) mass is 370 g/mol. The molecule has 7 heteroatoms. The molecule has 5 nitrogen and oxygen atoms in total. The zero-order valence-corrected chi connectivity index (χ0v) is 16.2. The molecule has 1 saturated heterocycles. The first-order valence-electron chi connectivity index (χ1n) is 8.26. The van der Waals surface area contributed by atoms with Crippen LogP contribution in [0.15, 0.2) is 34.1 Å². The van der Waals surface area contributed by atoms with Gasteiger partial charge >= 0.3 is 0 Å². The average molecular weight is 371 g/mol. The molecule has 1 fully saturated rings. The third-order valence-electron chi connectivity index (χ3n) is 4.09. The van der Waals surface area contributed by atoms with Crippen molar-refractivity contribution in [2.75, 3.05) is 32.4 Å². The van der Waals surface area contributed by atoms with Gasteiger partial charge in [0.15, 0.2) is 0 Å². The molecule has 0 N–H and O–H groups in total. The molecule has 1 amide bonds. The van der Waals surface area contributed by atoms with Crippen molar-refractivity contribution >= 4 is 27.7 Å². The summed E-state index contributed by atoms with van der Waals surface area (Å²) >= 11 is 1.58. The summed E-state index contributed by atoms with van der Waals surface area (Å²) in [6.07, 6.45) is 3.15. The largest absolute Gasteiger partial charge is 0.341 e. The first-order chi connectivity index (χ1) is 11.3. The van der Waals surface area contributed by atoms with Gasteiger partial charge in [-0.1, -0.05) is 13.8 Å². The number of nitrogens with zero attached hydrogens (tertiary/aromatic N) is 2. The van der Waals surface area contributed by atoms with Crippen LogP contribution in [0.4, 0.5) is 0 Å². The highest BCUT2D eigenvalue weighted by Gasteiger charge is 2.28. The molecule has 0 radical (unpaired) electrons. The minimum Gasteiger partial charge on any atom is -0.341 e. The Labute approximate surface area is 149 Å². The Bertz CT molecular complexity index is 657. The number of rotatable bonds is 5. The minimum atomic E-state index is -3.50. The summed E-state index contributed by atoms with van der Waals surface area (Å²) in [7, 11) is -3.50. The van der Waals surface area contributed by atoms with Crippen LogP contribution in [-0.4, -0.2) is 56.0 Å².